The molecule has 2 aromatic rings. The molecule has 0 saturated carbocycles. The van der Waals surface area contributed by atoms with Crippen molar-refractivity contribution in [3.05, 3.63) is 56.7 Å². The highest BCUT2D eigenvalue weighted by molar-refractivity contribution is 8.18. The van der Waals surface area contributed by atoms with E-state index in [4.69, 9.17) is 9.15 Å². The standard InChI is InChI=1S/C20H18N2O7S/c1-11(2)28-18(23)10-21-19(24)17(30-20(21)25)9-14-6-7-16(29-14)13-5-4-12(3)15(8-13)22(26)27/h4-9,11H,10H2,1-3H3/b17-9-. The maximum atomic E-state index is 12.5. The minimum absolute atomic E-state index is 0.0279. The van der Waals surface area contributed by atoms with E-state index in [1.54, 1.807) is 45.0 Å². The Bertz CT molecular complexity index is 1070. The molecule has 0 aliphatic carbocycles. The largest absolute Gasteiger partial charge is 0.462 e. The average Bonchev–Trinajstić information content (AvgIpc) is 3.22. The zero-order valence-corrected chi connectivity index (χ0v) is 17.2. The number of thioether (sulfide) groups is 1. The maximum absolute atomic E-state index is 12.5. The number of furan rings is 1. The molecule has 0 atom stereocenters. The van der Waals surface area contributed by atoms with E-state index in [1.165, 1.54) is 12.1 Å². The molecule has 1 aliphatic rings. The van der Waals surface area contributed by atoms with Gasteiger partial charge in [-0.3, -0.25) is 29.4 Å². The van der Waals surface area contributed by atoms with Gasteiger partial charge in [0.1, 0.15) is 18.1 Å². The Morgan fingerprint density at radius 3 is 2.70 bits per heavy atom. The van der Waals surface area contributed by atoms with Crippen molar-refractivity contribution in [2.45, 2.75) is 26.9 Å². The fourth-order valence-electron chi connectivity index (χ4n) is 2.74. The van der Waals surface area contributed by atoms with Crippen LogP contribution < -0.4 is 0 Å². The molecule has 156 valence electrons. The van der Waals surface area contributed by atoms with Crippen molar-refractivity contribution in [2.24, 2.45) is 0 Å². The van der Waals surface area contributed by atoms with Crippen molar-refractivity contribution in [1.29, 1.82) is 0 Å². The number of nitro benzene ring substituents is 1. The molecular formula is C20H18N2O7S. The molecule has 1 aliphatic heterocycles. The summed E-state index contributed by atoms with van der Waals surface area (Å²) in [4.78, 5) is 47.9. The molecule has 0 radical (unpaired) electrons. The van der Waals surface area contributed by atoms with Gasteiger partial charge in [0.05, 0.1) is 15.9 Å². The lowest BCUT2D eigenvalue weighted by Gasteiger charge is -2.13. The third kappa shape index (κ3) is 4.60. The van der Waals surface area contributed by atoms with Crippen LogP contribution in [0.25, 0.3) is 17.4 Å². The summed E-state index contributed by atoms with van der Waals surface area (Å²) in [7, 11) is 0. The number of hydrogen-bond acceptors (Lipinski definition) is 8. The van der Waals surface area contributed by atoms with E-state index in [-0.39, 0.29) is 16.7 Å². The molecule has 0 spiro atoms. The minimum Gasteiger partial charge on any atom is -0.462 e. The second kappa shape index (κ2) is 8.54. The summed E-state index contributed by atoms with van der Waals surface area (Å²) in [5.41, 5.74) is 1.01. The summed E-state index contributed by atoms with van der Waals surface area (Å²) in [6, 6.07) is 7.93. The average molecular weight is 430 g/mol. The molecule has 1 aromatic heterocycles. The van der Waals surface area contributed by atoms with Gasteiger partial charge in [0, 0.05) is 23.3 Å². The highest BCUT2D eigenvalue weighted by Crippen LogP contribution is 2.34. The second-order valence-corrected chi connectivity index (χ2v) is 7.76. The summed E-state index contributed by atoms with van der Waals surface area (Å²) in [5, 5.41) is 10.6. The van der Waals surface area contributed by atoms with Crippen molar-refractivity contribution in [1.82, 2.24) is 4.90 Å². The van der Waals surface area contributed by atoms with Crippen LogP contribution in [0.3, 0.4) is 0 Å². The van der Waals surface area contributed by atoms with Crippen molar-refractivity contribution < 1.29 is 28.5 Å². The first kappa shape index (κ1) is 21.3. The number of carbonyl (C=O) groups excluding carboxylic acids is 3. The number of imide groups is 1. The highest BCUT2D eigenvalue weighted by Gasteiger charge is 2.37. The zero-order valence-electron chi connectivity index (χ0n) is 16.4. The molecule has 1 aromatic carbocycles. The molecule has 1 saturated heterocycles. The van der Waals surface area contributed by atoms with E-state index >= 15 is 0 Å². The summed E-state index contributed by atoms with van der Waals surface area (Å²) in [6.07, 6.45) is 1.04. The molecule has 2 amide bonds. The van der Waals surface area contributed by atoms with Crippen LogP contribution in [-0.4, -0.2) is 39.6 Å². The molecule has 30 heavy (non-hydrogen) atoms. The molecule has 0 bridgehead atoms. The van der Waals surface area contributed by atoms with Gasteiger partial charge >= 0.3 is 5.97 Å². The van der Waals surface area contributed by atoms with E-state index in [2.05, 4.69) is 0 Å². The molecule has 10 heteroatoms. The number of esters is 1. The quantitative estimate of drug-likeness (QED) is 0.290. The van der Waals surface area contributed by atoms with Gasteiger partial charge in [-0.05, 0) is 44.7 Å². The number of ether oxygens (including phenoxy) is 1. The number of hydrogen-bond donors (Lipinski definition) is 0. The van der Waals surface area contributed by atoms with Crippen LogP contribution in [0.1, 0.15) is 25.2 Å². The fourth-order valence-corrected chi connectivity index (χ4v) is 3.56. The number of rotatable bonds is 6. The van der Waals surface area contributed by atoms with Crippen molar-refractivity contribution in [2.75, 3.05) is 6.54 Å². The molecule has 0 unspecified atom stereocenters. The van der Waals surface area contributed by atoms with Crippen LogP contribution in [0.2, 0.25) is 0 Å². The first-order chi connectivity index (χ1) is 14.2. The number of benzene rings is 1. The number of carbonyl (C=O) groups is 3. The zero-order chi connectivity index (χ0) is 22.0. The Labute approximate surface area is 175 Å². The van der Waals surface area contributed by atoms with Gasteiger partial charge in [-0.1, -0.05) is 12.1 Å². The normalized spacial score (nSPS) is 15.3. The lowest BCUT2D eigenvalue weighted by Crippen LogP contribution is -2.35. The van der Waals surface area contributed by atoms with Gasteiger partial charge in [-0.2, -0.15) is 0 Å². The molecular weight excluding hydrogens is 412 g/mol. The Kier molecular flexibility index (Phi) is 6.06. The summed E-state index contributed by atoms with van der Waals surface area (Å²) < 4.78 is 10.6. The van der Waals surface area contributed by atoms with Gasteiger partial charge in [0.2, 0.25) is 0 Å². The number of amides is 2. The second-order valence-electron chi connectivity index (χ2n) is 6.77. The highest BCUT2D eigenvalue weighted by atomic mass is 32.2. The van der Waals surface area contributed by atoms with Gasteiger partial charge in [0.25, 0.3) is 16.8 Å². The minimum atomic E-state index is -0.671. The Balaban J connectivity index is 1.79. The van der Waals surface area contributed by atoms with Gasteiger partial charge < -0.3 is 9.15 Å². The van der Waals surface area contributed by atoms with Crippen LogP contribution >= 0.6 is 11.8 Å². The van der Waals surface area contributed by atoms with Crippen LogP contribution in [0, 0.1) is 17.0 Å². The third-order valence-electron chi connectivity index (χ3n) is 4.12. The predicted octanol–water partition coefficient (Wildman–Crippen LogP) is 4.15. The third-order valence-corrected chi connectivity index (χ3v) is 5.03. The molecule has 0 N–H and O–H groups in total. The first-order valence-electron chi connectivity index (χ1n) is 8.96. The van der Waals surface area contributed by atoms with Crippen LogP contribution in [0.4, 0.5) is 10.5 Å². The lowest BCUT2D eigenvalue weighted by atomic mass is 10.1. The molecule has 9 nitrogen and oxygen atoms in total. The van der Waals surface area contributed by atoms with Crippen LogP contribution in [0.15, 0.2) is 39.7 Å². The Morgan fingerprint density at radius 2 is 2.03 bits per heavy atom. The van der Waals surface area contributed by atoms with E-state index < -0.39 is 28.6 Å². The molecule has 1 fully saturated rings. The van der Waals surface area contributed by atoms with E-state index in [1.807, 2.05) is 0 Å². The molecule has 3 rings (SSSR count). The smallest absolute Gasteiger partial charge is 0.326 e. The van der Waals surface area contributed by atoms with Gasteiger partial charge in [0.15, 0.2) is 0 Å². The van der Waals surface area contributed by atoms with Crippen LogP contribution in [0.5, 0.6) is 0 Å². The first-order valence-corrected chi connectivity index (χ1v) is 9.77. The van der Waals surface area contributed by atoms with E-state index in [0.29, 0.717) is 34.4 Å². The summed E-state index contributed by atoms with van der Waals surface area (Å²) in [5.74, 6) is -0.614. The Morgan fingerprint density at radius 1 is 1.30 bits per heavy atom. The van der Waals surface area contributed by atoms with E-state index in [9.17, 15) is 24.5 Å². The number of nitro groups is 1. The van der Waals surface area contributed by atoms with Crippen molar-refractivity contribution >= 4 is 40.6 Å². The SMILES string of the molecule is Cc1ccc(-c2ccc(/C=C3\SC(=O)N(CC(=O)OC(C)C)C3=O)o2)cc1[N+](=O)[O-]. The monoisotopic (exact) mass is 430 g/mol. The molecule has 2 heterocycles. The van der Waals surface area contributed by atoms with Crippen LogP contribution in [-0.2, 0) is 14.3 Å². The number of aryl methyl sites for hydroxylation is 1. The van der Waals surface area contributed by atoms with Crippen molar-refractivity contribution in [3.63, 3.8) is 0 Å². The van der Waals surface area contributed by atoms with Gasteiger partial charge in [-0.25, -0.2) is 0 Å². The summed E-state index contributed by atoms with van der Waals surface area (Å²) >= 11 is 0.692. The van der Waals surface area contributed by atoms with E-state index in [0.717, 1.165) is 4.90 Å². The Hall–Kier alpha value is -3.40. The maximum Gasteiger partial charge on any atom is 0.326 e. The van der Waals surface area contributed by atoms with Gasteiger partial charge in [-0.15, -0.1) is 0 Å². The lowest BCUT2D eigenvalue weighted by molar-refractivity contribution is -0.385. The predicted molar refractivity (Wildman–Crippen MR) is 109 cm³/mol. The topological polar surface area (TPSA) is 120 Å². The number of nitrogens with zero attached hydrogens (tertiary/aromatic N) is 2. The van der Waals surface area contributed by atoms with Crippen molar-refractivity contribution in [3.8, 4) is 11.3 Å². The fraction of sp³-hybridized carbons (Fsp3) is 0.250. The summed E-state index contributed by atoms with van der Waals surface area (Å²) in [6.45, 7) is 4.52.